The first-order valence-corrected chi connectivity index (χ1v) is 9.38. The van der Waals surface area contributed by atoms with E-state index in [2.05, 4.69) is 9.72 Å². The molecule has 3 aromatic carbocycles. The normalized spacial score (nSPS) is 11.8. The summed E-state index contributed by atoms with van der Waals surface area (Å²) in [5.74, 6) is -0.493. The number of nitro groups is 1. The van der Waals surface area contributed by atoms with Crippen molar-refractivity contribution < 1.29 is 14.6 Å². The highest BCUT2D eigenvalue weighted by molar-refractivity contribution is 6.11. The minimum atomic E-state index is -0.493. The van der Waals surface area contributed by atoms with E-state index in [4.69, 9.17) is 4.84 Å². The van der Waals surface area contributed by atoms with Crippen LogP contribution in [0.15, 0.2) is 65.8 Å². The Morgan fingerprint density at radius 3 is 2.47 bits per heavy atom. The summed E-state index contributed by atoms with van der Waals surface area (Å²) >= 11 is 0. The molecular formula is C23H19N3O4. The minimum absolute atomic E-state index is 0.0440. The van der Waals surface area contributed by atoms with Gasteiger partial charge < -0.3 is 9.40 Å². The third kappa shape index (κ3) is 3.30. The van der Waals surface area contributed by atoms with Crippen molar-refractivity contribution in [2.75, 3.05) is 0 Å². The van der Waals surface area contributed by atoms with E-state index in [0.29, 0.717) is 5.71 Å². The zero-order valence-corrected chi connectivity index (χ0v) is 16.7. The first kappa shape index (κ1) is 19.3. The number of hydrogen-bond donors (Lipinski definition) is 0. The molecule has 0 saturated heterocycles. The molecule has 150 valence electrons. The first-order valence-electron chi connectivity index (χ1n) is 9.38. The molecule has 0 aliphatic heterocycles. The predicted molar refractivity (Wildman–Crippen MR) is 116 cm³/mol. The van der Waals surface area contributed by atoms with E-state index >= 15 is 0 Å². The number of aryl methyl sites for hydroxylation is 1. The van der Waals surface area contributed by atoms with Crippen LogP contribution in [-0.4, -0.2) is 21.2 Å². The summed E-state index contributed by atoms with van der Waals surface area (Å²) in [4.78, 5) is 27.0. The van der Waals surface area contributed by atoms with Crippen LogP contribution in [0.4, 0.5) is 5.69 Å². The van der Waals surface area contributed by atoms with E-state index in [1.54, 1.807) is 19.1 Å². The van der Waals surface area contributed by atoms with Gasteiger partial charge in [-0.3, -0.25) is 10.1 Å². The highest BCUT2D eigenvalue weighted by atomic mass is 16.7. The second kappa shape index (κ2) is 7.44. The summed E-state index contributed by atoms with van der Waals surface area (Å²) in [7, 11) is 0. The maximum absolute atomic E-state index is 11.3. The van der Waals surface area contributed by atoms with Crippen LogP contribution in [0.25, 0.3) is 27.5 Å². The SMILES string of the molecule is CC(=O)ON=C(C)c1ccc(C)cc1-n1c2ccccc2c2cc([N+](=O)[O-])ccc21. The number of aromatic nitrogens is 1. The Morgan fingerprint density at radius 2 is 1.73 bits per heavy atom. The lowest BCUT2D eigenvalue weighted by Gasteiger charge is -2.14. The quantitative estimate of drug-likeness (QED) is 0.201. The van der Waals surface area contributed by atoms with Crippen molar-refractivity contribution >= 4 is 39.2 Å². The second-order valence-electron chi connectivity index (χ2n) is 7.09. The molecule has 1 heterocycles. The van der Waals surface area contributed by atoms with Crippen molar-refractivity contribution in [3.05, 3.63) is 81.9 Å². The van der Waals surface area contributed by atoms with Crippen molar-refractivity contribution in [1.82, 2.24) is 4.57 Å². The number of fused-ring (bicyclic) bond motifs is 3. The monoisotopic (exact) mass is 401 g/mol. The highest BCUT2D eigenvalue weighted by Gasteiger charge is 2.18. The van der Waals surface area contributed by atoms with E-state index < -0.39 is 5.97 Å². The number of hydrogen-bond acceptors (Lipinski definition) is 5. The van der Waals surface area contributed by atoms with Crippen LogP contribution in [0.2, 0.25) is 0 Å². The van der Waals surface area contributed by atoms with Crippen LogP contribution in [0.3, 0.4) is 0 Å². The van der Waals surface area contributed by atoms with Gasteiger partial charge in [0.2, 0.25) is 0 Å². The van der Waals surface area contributed by atoms with Crippen LogP contribution >= 0.6 is 0 Å². The molecule has 4 aromatic rings. The second-order valence-corrected chi connectivity index (χ2v) is 7.09. The Balaban J connectivity index is 2.07. The average Bonchev–Trinajstić information content (AvgIpc) is 3.05. The number of non-ortho nitro benzene ring substituents is 1. The highest BCUT2D eigenvalue weighted by Crippen LogP contribution is 2.35. The molecule has 0 N–H and O–H groups in total. The van der Waals surface area contributed by atoms with Gasteiger partial charge in [0.1, 0.15) is 0 Å². The van der Waals surface area contributed by atoms with Gasteiger partial charge in [0.25, 0.3) is 5.69 Å². The standard InChI is InChI=1S/C23H19N3O4/c1-14-8-10-18(15(2)24-30-16(3)27)23(12-14)25-21-7-5-4-6-19(21)20-13-17(26(28)29)9-11-22(20)25/h4-13H,1-3H3. The summed E-state index contributed by atoms with van der Waals surface area (Å²) in [6.45, 7) is 5.06. The molecule has 0 saturated carbocycles. The number of nitrogens with zero attached hydrogens (tertiary/aromatic N) is 3. The van der Waals surface area contributed by atoms with Crippen molar-refractivity contribution in [3.8, 4) is 5.69 Å². The van der Waals surface area contributed by atoms with Gasteiger partial charge >= 0.3 is 5.97 Å². The van der Waals surface area contributed by atoms with E-state index in [1.165, 1.54) is 13.0 Å². The summed E-state index contributed by atoms with van der Waals surface area (Å²) in [6.07, 6.45) is 0. The summed E-state index contributed by atoms with van der Waals surface area (Å²) in [5.41, 5.74) is 5.04. The fraction of sp³-hybridized carbons (Fsp3) is 0.130. The molecule has 0 bridgehead atoms. The topological polar surface area (TPSA) is 86.7 Å². The van der Waals surface area contributed by atoms with Gasteiger partial charge in [0.05, 0.1) is 27.4 Å². The molecule has 0 radical (unpaired) electrons. The molecule has 0 atom stereocenters. The smallest absolute Gasteiger partial charge is 0.318 e. The number of oxime groups is 1. The van der Waals surface area contributed by atoms with Crippen LogP contribution in [0.5, 0.6) is 0 Å². The molecule has 0 unspecified atom stereocenters. The first-order chi connectivity index (χ1) is 14.4. The number of para-hydroxylation sites is 1. The maximum Gasteiger partial charge on any atom is 0.331 e. The number of carbonyl (C=O) groups is 1. The van der Waals surface area contributed by atoms with Crippen LogP contribution in [0.1, 0.15) is 25.0 Å². The molecule has 30 heavy (non-hydrogen) atoms. The lowest BCUT2D eigenvalue weighted by molar-refractivity contribution is -0.384. The maximum atomic E-state index is 11.3. The number of nitro benzene ring substituents is 1. The zero-order valence-electron chi connectivity index (χ0n) is 16.7. The lowest BCUT2D eigenvalue weighted by atomic mass is 10.1. The van der Waals surface area contributed by atoms with Gasteiger partial charge in [0, 0.05) is 35.4 Å². The van der Waals surface area contributed by atoms with E-state index in [-0.39, 0.29) is 10.6 Å². The molecule has 7 heteroatoms. The van der Waals surface area contributed by atoms with Crippen LogP contribution in [-0.2, 0) is 9.63 Å². The Labute approximate surface area is 172 Å². The van der Waals surface area contributed by atoms with E-state index in [9.17, 15) is 14.9 Å². The van der Waals surface area contributed by atoms with Gasteiger partial charge in [-0.1, -0.05) is 35.5 Å². The van der Waals surface area contributed by atoms with Crippen molar-refractivity contribution in [2.24, 2.45) is 5.16 Å². The fourth-order valence-corrected chi connectivity index (χ4v) is 3.65. The Bertz CT molecular complexity index is 1350. The Morgan fingerprint density at radius 1 is 1.00 bits per heavy atom. The van der Waals surface area contributed by atoms with Crippen LogP contribution < -0.4 is 0 Å². The molecular weight excluding hydrogens is 382 g/mol. The molecule has 7 nitrogen and oxygen atoms in total. The lowest BCUT2D eigenvalue weighted by Crippen LogP contribution is -2.06. The van der Waals surface area contributed by atoms with Gasteiger partial charge in [0.15, 0.2) is 0 Å². The van der Waals surface area contributed by atoms with Gasteiger partial charge in [-0.25, -0.2) is 4.79 Å². The molecule has 0 spiro atoms. The summed E-state index contributed by atoms with van der Waals surface area (Å²) in [6, 6.07) is 18.6. The predicted octanol–water partition coefficient (Wildman–Crippen LogP) is 5.29. The fourth-order valence-electron chi connectivity index (χ4n) is 3.65. The summed E-state index contributed by atoms with van der Waals surface area (Å²) < 4.78 is 2.06. The van der Waals surface area contributed by atoms with Gasteiger partial charge in [-0.2, -0.15) is 0 Å². The Kier molecular flexibility index (Phi) is 4.79. The zero-order chi connectivity index (χ0) is 21.4. The number of carbonyl (C=O) groups excluding carboxylic acids is 1. The molecule has 1 aromatic heterocycles. The average molecular weight is 401 g/mol. The van der Waals surface area contributed by atoms with Crippen molar-refractivity contribution in [3.63, 3.8) is 0 Å². The third-order valence-corrected chi connectivity index (χ3v) is 4.96. The van der Waals surface area contributed by atoms with Crippen molar-refractivity contribution in [1.29, 1.82) is 0 Å². The minimum Gasteiger partial charge on any atom is -0.318 e. The van der Waals surface area contributed by atoms with Gasteiger partial charge in [-0.05, 0) is 37.6 Å². The van der Waals surface area contributed by atoms with E-state index in [1.807, 2.05) is 49.4 Å². The van der Waals surface area contributed by atoms with Crippen molar-refractivity contribution in [2.45, 2.75) is 20.8 Å². The molecule has 0 amide bonds. The molecule has 0 aliphatic rings. The van der Waals surface area contributed by atoms with Crippen LogP contribution in [0, 0.1) is 17.0 Å². The Hall–Kier alpha value is -4.00. The number of rotatable bonds is 4. The van der Waals surface area contributed by atoms with E-state index in [0.717, 1.165) is 38.6 Å². The summed E-state index contributed by atoms with van der Waals surface area (Å²) in [5, 5.41) is 17.0. The molecule has 4 rings (SSSR count). The number of benzene rings is 3. The third-order valence-electron chi connectivity index (χ3n) is 4.96. The largest absolute Gasteiger partial charge is 0.331 e. The molecule has 0 aliphatic carbocycles. The van der Waals surface area contributed by atoms with Gasteiger partial charge in [-0.15, -0.1) is 0 Å². The molecule has 0 fully saturated rings.